The number of H-pyrrole nitrogens is 2. The molecule has 4 N–H and O–H groups in total. The van der Waals surface area contributed by atoms with Crippen molar-refractivity contribution >= 4 is 44.4 Å². The lowest BCUT2D eigenvalue weighted by molar-refractivity contribution is 0.0935. The van der Waals surface area contributed by atoms with Crippen molar-refractivity contribution in [2.75, 3.05) is 10.5 Å². The van der Waals surface area contributed by atoms with Crippen LogP contribution in [-0.4, -0.2) is 30.0 Å². The molecule has 0 radical (unpaired) electrons. The summed E-state index contributed by atoms with van der Waals surface area (Å²) in [5.41, 5.74) is 2.41. The second kappa shape index (κ2) is 8.45. The van der Waals surface area contributed by atoms with Gasteiger partial charge in [-0.3, -0.25) is 9.52 Å². The van der Waals surface area contributed by atoms with E-state index in [1.54, 1.807) is 36.0 Å². The van der Waals surface area contributed by atoms with Gasteiger partial charge in [-0.1, -0.05) is 18.2 Å². The Bertz CT molecular complexity index is 1510. The number of hydrogen-bond donors (Lipinski definition) is 4. The Hall–Kier alpha value is -3.50. The van der Waals surface area contributed by atoms with Crippen molar-refractivity contribution in [3.63, 3.8) is 0 Å². The standard InChI is InChI=1S/C23H20N4O4S2/c28-22(24-18-11-12-32-21-4-2-1-3-17(18)21)14-5-7-15(8-6-14)27-33(30,31)16-9-10-19-20(13-16)26-23(29)25-19/h1-10,13,18,27H,11-12H2,(H,24,28)(H2,25,26,29)/t18-/m1/s1. The highest BCUT2D eigenvalue weighted by atomic mass is 32.2. The van der Waals surface area contributed by atoms with Crippen LogP contribution in [0.5, 0.6) is 0 Å². The summed E-state index contributed by atoms with van der Waals surface area (Å²) in [5, 5.41) is 3.08. The van der Waals surface area contributed by atoms with Crippen LogP contribution in [-0.2, 0) is 10.0 Å². The lowest BCUT2D eigenvalue weighted by atomic mass is 10.0. The molecule has 33 heavy (non-hydrogen) atoms. The second-order valence-electron chi connectivity index (χ2n) is 7.67. The van der Waals surface area contributed by atoms with Gasteiger partial charge in [-0.25, -0.2) is 13.2 Å². The normalized spacial score (nSPS) is 15.7. The van der Waals surface area contributed by atoms with E-state index in [4.69, 9.17) is 0 Å². The first-order chi connectivity index (χ1) is 15.9. The van der Waals surface area contributed by atoms with Crippen LogP contribution in [0, 0.1) is 0 Å². The Balaban J connectivity index is 1.30. The summed E-state index contributed by atoms with van der Waals surface area (Å²) >= 11 is 1.79. The van der Waals surface area contributed by atoms with Crippen molar-refractivity contribution in [2.45, 2.75) is 22.3 Å². The molecule has 168 valence electrons. The Labute approximate surface area is 193 Å². The fourth-order valence-electron chi connectivity index (χ4n) is 3.82. The van der Waals surface area contributed by atoms with E-state index in [2.05, 4.69) is 26.1 Å². The molecule has 0 aliphatic carbocycles. The zero-order valence-electron chi connectivity index (χ0n) is 17.3. The molecule has 0 spiro atoms. The molecule has 1 amide bonds. The number of anilines is 1. The molecule has 1 aliphatic rings. The summed E-state index contributed by atoms with van der Waals surface area (Å²) < 4.78 is 28.0. The number of thioether (sulfide) groups is 1. The van der Waals surface area contributed by atoms with Crippen molar-refractivity contribution in [3.8, 4) is 0 Å². The molecule has 1 aromatic heterocycles. The third kappa shape index (κ3) is 4.39. The fraction of sp³-hybridized carbons (Fsp3) is 0.130. The number of sulfonamides is 1. The third-order valence-electron chi connectivity index (χ3n) is 5.46. The van der Waals surface area contributed by atoms with Gasteiger partial charge in [0.2, 0.25) is 0 Å². The maximum Gasteiger partial charge on any atom is 0.323 e. The van der Waals surface area contributed by atoms with Crippen LogP contribution in [0.1, 0.15) is 28.4 Å². The van der Waals surface area contributed by atoms with Gasteiger partial charge in [0.1, 0.15) is 0 Å². The van der Waals surface area contributed by atoms with Crippen LogP contribution >= 0.6 is 11.8 Å². The monoisotopic (exact) mass is 480 g/mol. The molecular weight excluding hydrogens is 460 g/mol. The molecule has 3 aromatic carbocycles. The minimum absolute atomic E-state index is 0.0147. The van der Waals surface area contributed by atoms with Crippen LogP contribution in [0.25, 0.3) is 11.0 Å². The van der Waals surface area contributed by atoms with Gasteiger partial charge in [-0.05, 0) is 60.5 Å². The quantitative estimate of drug-likeness (QED) is 0.347. The molecule has 0 fully saturated rings. The Morgan fingerprint density at radius 3 is 2.55 bits per heavy atom. The number of rotatable bonds is 5. The lowest BCUT2D eigenvalue weighted by Gasteiger charge is -2.25. The predicted molar refractivity (Wildman–Crippen MR) is 128 cm³/mol. The molecule has 5 rings (SSSR count). The SMILES string of the molecule is O=C(N[C@@H]1CCSc2ccccc21)c1ccc(NS(=O)(=O)c2ccc3[nH]c(=O)[nH]c3c2)cc1. The van der Waals surface area contributed by atoms with Crippen molar-refractivity contribution in [2.24, 2.45) is 0 Å². The number of hydrogen-bond acceptors (Lipinski definition) is 5. The number of nitrogens with one attached hydrogen (secondary N) is 4. The van der Waals surface area contributed by atoms with Crippen LogP contribution < -0.4 is 15.7 Å². The minimum Gasteiger partial charge on any atom is -0.345 e. The van der Waals surface area contributed by atoms with Gasteiger partial charge >= 0.3 is 5.69 Å². The molecule has 0 saturated carbocycles. The van der Waals surface area contributed by atoms with E-state index >= 15 is 0 Å². The maximum absolute atomic E-state index is 12.8. The Morgan fingerprint density at radius 1 is 0.970 bits per heavy atom. The topological polar surface area (TPSA) is 124 Å². The summed E-state index contributed by atoms with van der Waals surface area (Å²) in [6.07, 6.45) is 0.849. The Kier molecular flexibility index (Phi) is 5.47. The number of aromatic amines is 2. The number of aromatic nitrogens is 2. The zero-order chi connectivity index (χ0) is 23.0. The molecule has 10 heteroatoms. The second-order valence-corrected chi connectivity index (χ2v) is 10.5. The zero-order valence-corrected chi connectivity index (χ0v) is 18.9. The van der Waals surface area contributed by atoms with E-state index in [1.807, 2.05) is 18.2 Å². The van der Waals surface area contributed by atoms with Crippen LogP contribution in [0.15, 0.2) is 81.3 Å². The molecule has 8 nitrogen and oxygen atoms in total. The largest absolute Gasteiger partial charge is 0.345 e. The van der Waals surface area contributed by atoms with Crippen molar-refractivity contribution in [1.82, 2.24) is 15.3 Å². The number of imidazole rings is 1. The van der Waals surface area contributed by atoms with Crippen molar-refractivity contribution in [1.29, 1.82) is 0 Å². The van der Waals surface area contributed by atoms with Gasteiger partial charge in [0.15, 0.2) is 0 Å². The smallest absolute Gasteiger partial charge is 0.323 e. The third-order valence-corrected chi connectivity index (χ3v) is 7.96. The molecular formula is C23H20N4O4S2. The maximum atomic E-state index is 12.8. The van der Waals surface area contributed by atoms with E-state index in [9.17, 15) is 18.0 Å². The molecule has 0 unspecified atom stereocenters. The molecule has 1 aliphatic heterocycles. The number of carbonyl (C=O) groups excluding carboxylic acids is 1. The van der Waals surface area contributed by atoms with E-state index in [1.165, 1.54) is 23.1 Å². The average molecular weight is 481 g/mol. The number of benzene rings is 3. The van der Waals surface area contributed by atoms with Crippen LogP contribution in [0.3, 0.4) is 0 Å². The number of amides is 1. The van der Waals surface area contributed by atoms with Gasteiger partial charge in [-0.15, -0.1) is 11.8 Å². The van der Waals surface area contributed by atoms with Crippen LogP contribution in [0.4, 0.5) is 5.69 Å². The highest BCUT2D eigenvalue weighted by Gasteiger charge is 2.22. The first kappa shape index (κ1) is 21.4. The number of fused-ring (bicyclic) bond motifs is 2. The van der Waals surface area contributed by atoms with Crippen LogP contribution in [0.2, 0.25) is 0 Å². The van der Waals surface area contributed by atoms with Gasteiger partial charge in [0.05, 0.1) is 22.0 Å². The summed E-state index contributed by atoms with van der Waals surface area (Å²) in [5.74, 6) is 0.725. The van der Waals surface area contributed by atoms with Crippen molar-refractivity contribution in [3.05, 3.63) is 88.3 Å². The summed E-state index contributed by atoms with van der Waals surface area (Å²) in [6.45, 7) is 0. The highest BCUT2D eigenvalue weighted by molar-refractivity contribution is 7.99. The van der Waals surface area contributed by atoms with Crippen molar-refractivity contribution < 1.29 is 13.2 Å². The van der Waals surface area contributed by atoms with Gasteiger partial charge in [0.25, 0.3) is 15.9 Å². The minimum atomic E-state index is -3.87. The Morgan fingerprint density at radius 2 is 1.73 bits per heavy atom. The molecule has 0 bridgehead atoms. The van der Waals surface area contributed by atoms with E-state index in [0.717, 1.165) is 17.7 Å². The lowest BCUT2D eigenvalue weighted by Crippen LogP contribution is -2.30. The molecule has 1 atom stereocenters. The first-order valence-corrected chi connectivity index (χ1v) is 12.7. The number of carbonyl (C=O) groups is 1. The summed E-state index contributed by atoms with van der Waals surface area (Å²) in [4.78, 5) is 30.5. The summed E-state index contributed by atoms with van der Waals surface area (Å²) in [7, 11) is -3.87. The summed E-state index contributed by atoms with van der Waals surface area (Å²) in [6, 6.07) is 18.6. The fourth-order valence-corrected chi connectivity index (χ4v) is 6.03. The highest BCUT2D eigenvalue weighted by Crippen LogP contribution is 2.36. The van der Waals surface area contributed by atoms with Gasteiger partial charge < -0.3 is 15.3 Å². The first-order valence-electron chi connectivity index (χ1n) is 10.3. The van der Waals surface area contributed by atoms with E-state index in [0.29, 0.717) is 22.3 Å². The predicted octanol–water partition coefficient (Wildman–Crippen LogP) is 3.62. The molecule has 2 heterocycles. The molecule has 4 aromatic rings. The van der Waals surface area contributed by atoms with E-state index < -0.39 is 15.7 Å². The molecule has 0 saturated heterocycles. The van der Waals surface area contributed by atoms with Gasteiger partial charge in [-0.2, -0.15) is 0 Å². The van der Waals surface area contributed by atoms with Gasteiger partial charge in [0, 0.05) is 21.9 Å². The average Bonchev–Trinajstić information content (AvgIpc) is 3.19. The van der Waals surface area contributed by atoms with E-state index in [-0.39, 0.29) is 16.8 Å².